The summed E-state index contributed by atoms with van der Waals surface area (Å²) in [6.07, 6.45) is 2.84. The topological polar surface area (TPSA) is 23.5 Å². The molecule has 0 aliphatic carbocycles. The Hall–Kier alpha value is -0.380. The van der Waals surface area contributed by atoms with Crippen molar-refractivity contribution in [2.24, 2.45) is 0 Å². The van der Waals surface area contributed by atoms with E-state index in [1.165, 1.54) is 12.8 Å². The molecular weight excluding hydrogens is 290 g/mol. The third kappa shape index (κ3) is 5.09. The Morgan fingerprint density at radius 2 is 1.83 bits per heavy atom. The lowest BCUT2D eigenvalue weighted by Crippen LogP contribution is -2.30. The van der Waals surface area contributed by atoms with Crippen molar-refractivity contribution >= 4 is 15.9 Å². The molecule has 18 heavy (non-hydrogen) atoms. The van der Waals surface area contributed by atoms with Crippen LogP contribution in [0.1, 0.15) is 44.8 Å². The molecule has 1 rings (SSSR count). The van der Waals surface area contributed by atoms with Crippen molar-refractivity contribution in [2.75, 3.05) is 13.6 Å². The zero-order valence-electron chi connectivity index (χ0n) is 11.6. The van der Waals surface area contributed by atoms with Gasteiger partial charge < -0.3 is 10.0 Å². The first-order valence-corrected chi connectivity index (χ1v) is 7.47. The number of halogens is 1. The molecule has 3 heteroatoms. The summed E-state index contributed by atoms with van der Waals surface area (Å²) in [6, 6.07) is 8.49. The van der Waals surface area contributed by atoms with Gasteiger partial charge in [-0.3, -0.25) is 0 Å². The Morgan fingerprint density at radius 1 is 1.22 bits per heavy atom. The lowest BCUT2D eigenvalue weighted by molar-refractivity contribution is 0.137. The molecule has 0 heterocycles. The fourth-order valence-corrected chi connectivity index (χ4v) is 2.30. The smallest absolute Gasteiger partial charge is 0.0802 e. The Kier molecular flexibility index (Phi) is 6.90. The van der Waals surface area contributed by atoms with Crippen LogP contribution in [0.15, 0.2) is 28.7 Å². The molecule has 0 aliphatic heterocycles. The fourth-order valence-electron chi connectivity index (χ4n) is 2.04. The first kappa shape index (κ1) is 15.7. The lowest BCUT2D eigenvalue weighted by Gasteiger charge is -2.25. The van der Waals surface area contributed by atoms with Gasteiger partial charge in [0.2, 0.25) is 0 Å². The van der Waals surface area contributed by atoms with E-state index in [2.05, 4.69) is 41.7 Å². The van der Waals surface area contributed by atoms with Gasteiger partial charge >= 0.3 is 0 Å². The van der Waals surface area contributed by atoms with Crippen molar-refractivity contribution in [3.63, 3.8) is 0 Å². The van der Waals surface area contributed by atoms with Crippen molar-refractivity contribution < 1.29 is 5.11 Å². The normalized spacial score (nSPS) is 14.8. The highest BCUT2D eigenvalue weighted by molar-refractivity contribution is 9.10. The lowest BCUT2D eigenvalue weighted by atomic mass is 10.1. The van der Waals surface area contributed by atoms with E-state index >= 15 is 0 Å². The summed E-state index contributed by atoms with van der Waals surface area (Å²) in [6.45, 7) is 5.38. The third-order valence-electron chi connectivity index (χ3n) is 3.47. The molecule has 0 aliphatic rings. The molecule has 0 saturated heterocycles. The molecule has 0 radical (unpaired) electrons. The van der Waals surface area contributed by atoms with Crippen molar-refractivity contribution in [3.8, 4) is 0 Å². The summed E-state index contributed by atoms with van der Waals surface area (Å²) in [5.74, 6) is 0. The van der Waals surface area contributed by atoms with Crippen molar-refractivity contribution in [2.45, 2.75) is 45.3 Å². The molecule has 0 amide bonds. The van der Waals surface area contributed by atoms with Gasteiger partial charge in [0.15, 0.2) is 0 Å². The summed E-state index contributed by atoms with van der Waals surface area (Å²) >= 11 is 3.40. The first-order valence-electron chi connectivity index (χ1n) is 6.68. The van der Waals surface area contributed by atoms with Gasteiger partial charge in [-0.1, -0.05) is 41.4 Å². The molecule has 0 aromatic heterocycles. The van der Waals surface area contributed by atoms with Crippen LogP contribution in [-0.4, -0.2) is 29.6 Å². The van der Waals surface area contributed by atoms with Crippen molar-refractivity contribution in [1.82, 2.24) is 4.90 Å². The Labute approximate surface area is 119 Å². The van der Waals surface area contributed by atoms with Crippen LogP contribution < -0.4 is 0 Å². The third-order valence-corrected chi connectivity index (χ3v) is 4.00. The van der Waals surface area contributed by atoms with Crippen LogP contribution in [0.4, 0.5) is 0 Å². The Morgan fingerprint density at radius 3 is 2.39 bits per heavy atom. The number of aliphatic hydroxyl groups excluding tert-OH is 1. The second-order valence-corrected chi connectivity index (χ2v) is 5.89. The minimum Gasteiger partial charge on any atom is -0.388 e. The molecular formula is C15H24BrNO. The van der Waals surface area contributed by atoms with Gasteiger partial charge in [0.1, 0.15) is 0 Å². The van der Waals surface area contributed by atoms with E-state index in [1.54, 1.807) is 0 Å². The highest BCUT2D eigenvalue weighted by atomic mass is 79.9. The predicted molar refractivity (Wildman–Crippen MR) is 80.7 cm³/mol. The summed E-state index contributed by atoms with van der Waals surface area (Å²) in [5.41, 5.74) is 0.995. The molecule has 0 spiro atoms. The monoisotopic (exact) mass is 313 g/mol. The van der Waals surface area contributed by atoms with Crippen LogP contribution in [0.5, 0.6) is 0 Å². The molecule has 2 nitrogen and oxygen atoms in total. The first-order chi connectivity index (χ1) is 8.54. The van der Waals surface area contributed by atoms with Crippen LogP contribution in [0.2, 0.25) is 0 Å². The van der Waals surface area contributed by atoms with E-state index in [1.807, 2.05) is 24.3 Å². The Balaban J connectivity index is 2.41. The summed E-state index contributed by atoms with van der Waals surface area (Å²) in [5, 5.41) is 10.1. The largest absolute Gasteiger partial charge is 0.388 e. The number of aliphatic hydroxyl groups is 1. The van der Waals surface area contributed by atoms with Gasteiger partial charge in [0, 0.05) is 17.1 Å². The van der Waals surface area contributed by atoms with E-state index in [-0.39, 0.29) is 6.10 Å². The molecule has 1 N–H and O–H groups in total. The van der Waals surface area contributed by atoms with Crippen LogP contribution in [0, 0.1) is 0 Å². The van der Waals surface area contributed by atoms with Crippen molar-refractivity contribution in [1.29, 1.82) is 0 Å². The van der Waals surface area contributed by atoms with Crippen LogP contribution >= 0.6 is 15.9 Å². The van der Waals surface area contributed by atoms with Gasteiger partial charge in [-0.05, 0) is 44.5 Å². The van der Waals surface area contributed by atoms with E-state index in [4.69, 9.17) is 0 Å². The fraction of sp³-hybridized carbons (Fsp3) is 0.600. The minimum absolute atomic E-state index is 0.366. The summed E-state index contributed by atoms with van der Waals surface area (Å²) in [4.78, 5) is 2.32. The molecule has 2 atom stereocenters. The second-order valence-electron chi connectivity index (χ2n) is 4.97. The quantitative estimate of drug-likeness (QED) is 0.822. The van der Waals surface area contributed by atoms with E-state index in [0.29, 0.717) is 6.04 Å². The van der Waals surface area contributed by atoms with Gasteiger partial charge in [0.05, 0.1) is 6.10 Å². The second kappa shape index (κ2) is 7.93. The molecule has 0 saturated carbocycles. The number of benzene rings is 1. The molecule has 102 valence electrons. The maximum atomic E-state index is 10.1. The predicted octanol–water partition coefficient (Wildman–Crippen LogP) is 3.99. The van der Waals surface area contributed by atoms with E-state index in [9.17, 15) is 5.11 Å². The number of rotatable bonds is 7. The molecule has 1 aromatic carbocycles. The molecule has 0 fully saturated rings. The van der Waals surface area contributed by atoms with Crippen LogP contribution in [0.25, 0.3) is 0 Å². The minimum atomic E-state index is -0.366. The average molecular weight is 314 g/mol. The average Bonchev–Trinajstić information content (AvgIpc) is 2.36. The number of nitrogens with zero attached hydrogens (tertiary/aromatic N) is 1. The van der Waals surface area contributed by atoms with Crippen LogP contribution in [0.3, 0.4) is 0 Å². The van der Waals surface area contributed by atoms with Gasteiger partial charge in [0.25, 0.3) is 0 Å². The van der Waals surface area contributed by atoms with Crippen LogP contribution in [-0.2, 0) is 0 Å². The summed E-state index contributed by atoms with van der Waals surface area (Å²) in [7, 11) is 2.13. The summed E-state index contributed by atoms with van der Waals surface area (Å²) < 4.78 is 1.05. The van der Waals surface area contributed by atoms with Gasteiger partial charge in [-0.15, -0.1) is 0 Å². The zero-order valence-corrected chi connectivity index (χ0v) is 13.2. The Bertz CT molecular complexity index is 339. The van der Waals surface area contributed by atoms with E-state index in [0.717, 1.165) is 23.0 Å². The maximum absolute atomic E-state index is 10.1. The standard InChI is InChI=1S/C15H24BrNO/c1-4-5-12(2)17(3)11-10-15(18)13-6-8-14(16)9-7-13/h6-9,12,15,18H,4-5,10-11H2,1-3H3. The SMILES string of the molecule is CCCC(C)N(C)CCC(O)c1ccc(Br)cc1. The molecule has 2 unspecified atom stereocenters. The highest BCUT2D eigenvalue weighted by Crippen LogP contribution is 2.20. The highest BCUT2D eigenvalue weighted by Gasteiger charge is 2.12. The van der Waals surface area contributed by atoms with Gasteiger partial charge in [-0.25, -0.2) is 0 Å². The van der Waals surface area contributed by atoms with Crippen molar-refractivity contribution in [3.05, 3.63) is 34.3 Å². The molecule has 0 bridgehead atoms. The van der Waals surface area contributed by atoms with Gasteiger partial charge in [-0.2, -0.15) is 0 Å². The maximum Gasteiger partial charge on any atom is 0.0802 e. The molecule has 1 aromatic rings. The number of hydrogen-bond acceptors (Lipinski definition) is 2. The zero-order chi connectivity index (χ0) is 13.5. The number of hydrogen-bond donors (Lipinski definition) is 1. The van der Waals surface area contributed by atoms with E-state index < -0.39 is 0 Å².